The van der Waals surface area contributed by atoms with Gasteiger partial charge in [-0.15, -0.1) is 0 Å². The minimum atomic E-state index is -0.369. The number of carbonyl (C=O) groups excluding carboxylic acids is 1. The molecular weight excluding hydrogens is 216 g/mol. The van der Waals surface area contributed by atoms with Gasteiger partial charge in [-0.1, -0.05) is 31.4 Å². The van der Waals surface area contributed by atoms with Crippen LogP contribution >= 0.6 is 0 Å². The monoisotopic (exact) mass is 232 g/mol. The molecule has 3 heteroatoms. The van der Waals surface area contributed by atoms with Crippen molar-refractivity contribution in [3.8, 4) is 5.75 Å². The highest BCUT2D eigenvalue weighted by molar-refractivity contribution is 5.91. The van der Waals surface area contributed by atoms with Crippen LogP contribution in [0, 0.1) is 6.92 Å². The van der Waals surface area contributed by atoms with Crippen molar-refractivity contribution < 1.29 is 14.3 Å². The molecule has 17 heavy (non-hydrogen) atoms. The Kier molecular flexibility index (Phi) is 5.01. The SMILES string of the molecule is C=CCOC(=O)c1cccc(OCC=C)c1C. The second-order valence-corrected chi connectivity index (χ2v) is 3.42. The summed E-state index contributed by atoms with van der Waals surface area (Å²) in [5, 5.41) is 0. The van der Waals surface area contributed by atoms with Crippen molar-refractivity contribution in [1.29, 1.82) is 0 Å². The third kappa shape index (κ3) is 3.48. The maximum Gasteiger partial charge on any atom is 0.338 e. The fourth-order valence-electron chi connectivity index (χ4n) is 1.35. The smallest absolute Gasteiger partial charge is 0.338 e. The number of hydrogen-bond donors (Lipinski definition) is 0. The Morgan fingerprint density at radius 2 is 2.00 bits per heavy atom. The van der Waals surface area contributed by atoms with Crippen LogP contribution in [-0.2, 0) is 4.74 Å². The van der Waals surface area contributed by atoms with Crippen LogP contribution in [0.15, 0.2) is 43.5 Å². The topological polar surface area (TPSA) is 35.5 Å². The van der Waals surface area contributed by atoms with Crippen molar-refractivity contribution in [3.05, 3.63) is 54.6 Å². The average Bonchev–Trinajstić information content (AvgIpc) is 2.34. The van der Waals surface area contributed by atoms with Gasteiger partial charge in [0.2, 0.25) is 0 Å². The molecule has 0 radical (unpaired) electrons. The van der Waals surface area contributed by atoms with E-state index in [1.54, 1.807) is 18.2 Å². The summed E-state index contributed by atoms with van der Waals surface area (Å²) in [6.07, 6.45) is 3.19. The molecular formula is C14H16O3. The van der Waals surface area contributed by atoms with Crippen molar-refractivity contribution in [2.45, 2.75) is 6.92 Å². The Balaban J connectivity index is 2.88. The number of hydrogen-bond acceptors (Lipinski definition) is 3. The minimum Gasteiger partial charge on any atom is -0.489 e. The fourth-order valence-corrected chi connectivity index (χ4v) is 1.35. The molecule has 0 atom stereocenters. The Bertz CT molecular complexity index is 421. The van der Waals surface area contributed by atoms with E-state index in [-0.39, 0.29) is 12.6 Å². The third-order valence-corrected chi connectivity index (χ3v) is 2.19. The summed E-state index contributed by atoms with van der Waals surface area (Å²) in [7, 11) is 0. The Hall–Kier alpha value is -2.03. The Morgan fingerprint density at radius 1 is 1.29 bits per heavy atom. The van der Waals surface area contributed by atoms with E-state index in [2.05, 4.69) is 13.2 Å². The second kappa shape index (κ2) is 6.53. The first-order valence-corrected chi connectivity index (χ1v) is 5.32. The quantitative estimate of drug-likeness (QED) is 0.559. The number of carbonyl (C=O) groups is 1. The number of benzene rings is 1. The molecule has 0 aliphatic rings. The first-order valence-electron chi connectivity index (χ1n) is 5.32. The molecule has 0 amide bonds. The molecule has 1 aromatic rings. The second-order valence-electron chi connectivity index (χ2n) is 3.42. The summed E-state index contributed by atoms with van der Waals surface area (Å²) in [5.41, 5.74) is 1.27. The van der Waals surface area contributed by atoms with Gasteiger partial charge >= 0.3 is 5.97 Å². The van der Waals surface area contributed by atoms with E-state index >= 15 is 0 Å². The lowest BCUT2D eigenvalue weighted by Gasteiger charge is -2.10. The molecule has 0 fully saturated rings. The summed E-state index contributed by atoms with van der Waals surface area (Å²) in [4.78, 5) is 11.7. The number of esters is 1. The zero-order chi connectivity index (χ0) is 12.7. The molecule has 0 saturated heterocycles. The van der Waals surface area contributed by atoms with Crippen molar-refractivity contribution in [2.24, 2.45) is 0 Å². The van der Waals surface area contributed by atoms with Gasteiger partial charge in [0.15, 0.2) is 0 Å². The molecule has 0 bridgehead atoms. The average molecular weight is 232 g/mol. The fraction of sp³-hybridized carbons (Fsp3) is 0.214. The van der Waals surface area contributed by atoms with Gasteiger partial charge in [-0.3, -0.25) is 0 Å². The van der Waals surface area contributed by atoms with E-state index in [0.717, 1.165) is 5.56 Å². The van der Waals surface area contributed by atoms with Crippen molar-refractivity contribution in [3.63, 3.8) is 0 Å². The van der Waals surface area contributed by atoms with Gasteiger partial charge < -0.3 is 9.47 Å². The van der Waals surface area contributed by atoms with Crippen LogP contribution in [0.2, 0.25) is 0 Å². The summed E-state index contributed by atoms with van der Waals surface area (Å²) < 4.78 is 10.4. The van der Waals surface area contributed by atoms with Gasteiger partial charge in [0.1, 0.15) is 19.0 Å². The third-order valence-electron chi connectivity index (χ3n) is 2.19. The van der Waals surface area contributed by atoms with Gasteiger partial charge in [-0.25, -0.2) is 4.79 Å². The van der Waals surface area contributed by atoms with Crippen molar-refractivity contribution in [2.75, 3.05) is 13.2 Å². The van der Waals surface area contributed by atoms with Crippen LogP contribution in [0.5, 0.6) is 5.75 Å². The molecule has 0 unspecified atom stereocenters. The highest BCUT2D eigenvalue weighted by Crippen LogP contribution is 2.22. The minimum absolute atomic E-state index is 0.204. The molecule has 1 aromatic carbocycles. The molecule has 0 aliphatic carbocycles. The summed E-state index contributed by atoms with van der Waals surface area (Å²) in [6.45, 7) is 9.51. The lowest BCUT2D eigenvalue weighted by Crippen LogP contribution is -2.08. The highest BCUT2D eigenvalue weighted by Gasteiger charge is 2.12. The first-order chi connectivity index (χ1) is 8.20. The van der Waals surface area contributed by atoms with E-state index in [9.17, 15) is 4.79 Å². The van der Waals surface area contributed by atoms with E-state index < -0.39 is 0 Å². The maximum atomic E-state index is 11.7. The summed E-state index contributed by atoms with van der Waals surface area (Å²) in [6, 6.07) is 5.28. The number of rotatable bonds is 6. The zero-order valence-electron chi connectivity index (χ0n) is 9.94. The standard InChI is InChI=1S/C14H16O3/c1-4-9-16-13-8-6-7-12(11(13)3)14(15)17-10-5-2/h4-8H,1-2,9-10H2,3H3. The predicted octanol–water partition coefficient (Wildman–Crippen LogP) is 2.90. The summed E-state index contributed by atoms with van der Waals surface area (Å²) in [5.74, 6) is 0.296. The molecule has 0 aromatic heterocycles. The largest absolute Gasteiger partial charge is 0.489 e. The molecule has 1 rings (SSSR count). The first kappa shape index (κ1) is 13.0. The molecule has 0 spiro atoms. The Labute approximate surface area is 101 Å². The van der Waals surface area contributed by atoms with Gasteiger partial charge in [-0.05, 0) is 19.1 Å². The zero-order valence-corrected chi connectivity index (χ0v) is 9.94. The molecule has 0 heterocycles. The lowest BCUT2D eigenvalue weighted by molar-refractivity contribution is 0.0548. The molecule has 0 N–H and O–H groups in total. The molecule has 90 valence electrons. The summed E-state index contributed by atoms with van der Waals surface area (Å²) >= 11 is 0. The highest BCUT2D eigenvalue weighted by atomic mass is 16.5. The van der Waals surface area contributed by atoms with Gasteiger partial charge in [0.05, 0.1) is 5.56 Å². The lowest BCUT2D eigenvalue weighted by atomic mass is 10.1. The van der Waals surface area contributed by atoms with Gasteiger partial charge in [0.25, 0.3) is 0 Å². The van der Waals surface area contributed by atoms with Crippen LogP contribution in [0.4, 0.5) is 0 Å². The van der Waals surface area contributed by atoms with Crippen LogP contribution in [0.1, 0.15) is 15.9 Å². The van der Waals surface area contributed by atoms with Crippen LogP contribution in [0.25, 0.3) is 0 Å². The van der Waals surface area contributed by atoms with Crippen molar-refractivity contribution >= 4 is 5.97 Å². The molecule has 0 aliphatic heterocycles. The van der Waals surface area contributed by atoms with E-state index in [1.165, 1.54) is 6.08 Å². The Morgan fingerprint density at radius 3 is 2.65 bits per heavy atom. The molecule has 0 saturated carbocycles. The molecule has 3 nitrogen and oxygen atoms in total. The van der Waals surface area contributed by atoms with Gasteiger partial charge in [0, 0.05) is 5.56 Å². The van der Waals surface area contributed by atoms with Crippen LogP contribution in [-0.4, -0.2) is 19.2 Å². The number of ether oxygens (including phenoxy) is 2. The van der Waals surface area contributed by atoms with E-state index in [4.69, 9.17) is 9.47 Å². The van der Waals surface area contributed by atoms with Crippen LogP contribution in [0.3, 0.4) is 0 Å². The predicted molar refractivity (Wildman–Crippen MR) is 67.4 cm³/mol. The van der Waals surface area contributed by atoms with E-state index in [0.29, 0.717) is 17.9 Å². The van der Waals surface area contributed by atoms with Crippen molar-refractivity contribution in [1.82, 2.24) is 0 Å². The van der Waals surface area contributed by atoms with E-state index in [1.807, 2.05) is 13.0 Å². The maximum absolute atomic E-state index is 11.7. The van der Waals surface area contributed by atoms with Gasteiger partial charge in [-0.2, -0.15) is 0 Å². The van der Waals surface area contributed by atoms with Crippen LogP contribution < -0.4 is 4.74 Å². The normalized spacial score (nSPS) is 9.47.